The van der Waals surface area contributed by atoms with E-state index in [9.17, 15) is 0 Å². The van der Waals surface area contributed by atoms with Gasteiger partial charge >= 0.3 is 0 Å². The van der Waals surface area contributed by atoms with Crippen LogP contribution < -0.4 is 0 Å². The van der Waals surface area contributed by atoms with Crippen LogP contribution in [-0.4, -0.2) is 9.55 Å². The van der Waals surface area contributed by atoms with Crippen LogP contribution in [0.3, 0.4) is 0 Å². The third kappa shape index (κ3) is 3.05. The van der Waals surface area contributed by atoms with Gasteiger partial charge in [-0.2, -0.15) is 0 Å². The molecule has 0 aliphatic carbocycles. The van der Waals surface area contributed by atoms with Crippen molar-refractivity contribution in [3.8, 4) is 16.8 Å². The van der Waals surface area contributed by atoms with Crippen LogP contribution in [0.5, 0.6) is 0 Å². The summed E-state index contributed by atoms with van der Waals surface area (Å²) in [5.74, 6) is 0. The molecule has 198 valence electrons. The average molecular weight is 545 g/mol. The van der Waals surface area contributed by atoms with Crippen molar-refractivity contribution >= 4 is 75.8 Å². The van der Waals surface area contributed by atoms with Gasteiger partial charge in [0, 0.05) is 17.3 Å². The highest BCUT2D eigenvalue weighted by atomic mass is 15.0. The van der Waals surface area contributed by atoms with Crippen LogP contribution in [0.25, 0.3) is 92.6 Å². The first-order chi connectivity index (χ1) is 21.3. The fraction of sp³-hybridized carbons (Fsp3) is 0. The summed E-state index contributed by atoms with van der Waals surface area (Å²) in [6, 6.07) is 51.0. The molecule has 10 aromatic rings. The van der Waals surface area contributed by atoms with Gasteiger partial charge in [0.1, 0.15) is 0 Å². The minimum absolute atomic E-state index is 1.04. The first-order valence-corrected chi connectivity index (χ1v) is 14.8. The van der Waals surface area contributed by atoms with Crippen molar-refractivity contribution in [2.24, 2.45) is 0 Å². The fourth-order valence-electron chi connectivity index (χ4n) is 7.55. The normalized spacial score (nSPS) is 12.2. The highest BCUT2D eigenvalue weighted by Crippen LogP contribution is 2.46. The summed E-state index contributed by atoms with van der Waals surface area (Å²) < 4.78 is 2.36. The molecule has 10 rings (SSSR count). The van der Waals surface area contributed by atoms with Crippen molar-refractivity contribution in [1.29, 1.82) is 0 Å². The topological polar surface area (TPSA) is 17.8 Å². The molecule has 2 aromatic heterocycles. The predicted octanol–water partition coefficient (Wildman–Crippen LogP) is 11.0. The standard InChI is InChI=1S/C41H24N2/c1-2-10-28(11-3-1)43-36-15-8-22-42-41(36)40-34-21-17-25-16-19-32(33-20-18-27(24-37(40)43)39(34)38(25)33)35-23-26-9-4-5-12-29(26)30-13-6-7-14-31(30)35/h1-24H. The Bertz CT molecular complexity index is 2720. The van der Waals surface area contributed by atoms with E-state index in [4.69, 9.17) is 4.98 Å². The van der Waals surface area contributed by atoms with Crippen LogP contribution in [0, 0.1) is 0 Å². The maximum absolute atomic E-state index is 4.95. The summed E-state index contributed by atoms with van der Waals surface area (Å²) in [6.07, 6.45) is 1.91. The molecule has 2 nitrogen and oxygen atoms in total. The summed E-state index contributed by atoms with van der Waals surface area (Å²) in [5.41, 5.74) is 7.05. The number of rotatable bonds is 2. The number of para-hydroxylation sites is 1. The van der Waals surface area contributed by atoms with Gasteiger partial charge in [-0.25, -0.2) is 0 Å². The lowest BCUT2D eigenvalue weighted by atomic mass is 9.86. The van der Waals surface area contributed by atoms with Gasteiger partial charge in [-0.1, -0.05) is 103 Å². The van der Waals surface area contributed by atoms with E-state index in [1.54, 1.807) is 0 Å². The van der Waals surface area contributed by atoms with Crippen molar-refractivity contribution < 1.29 is 0 Å². The van der Waals surface area contributed by atoms with Crippen LogP contribution in [0.1, 0.15) is 0 Å². The smallest absolute Gasteiger partial charge is 0.0969 e. The minimum Gasteiger partial charge on any atom is -0.308 e. The molecule has 0 unspecified atom stereocenters. The van der Waals surface area contributed by atoms with Crippen molar-refractivity contribution in [3.05, 3.63) is 146 Å². The van der Waals surface area contributed by atoms with Crippen LogP contribution in [0.15, 0.2) is 146 Å². The predicted molar refractivity (Wildman–Crippen MR) is 183 cm³/mol. The molecule has 2 heterocycles. The van der Waals surface area contributed by atoms with Gasteiger partial charge in [0.05, 0.1) is 16.6 Å². The lowest BCUT2D eigenvalue weighted by Crippen LogP contribution is -1.94. The highest BCUT2D eigenvalue weighted by molar-refractivity contribution is 6.34. The van der Waals surface area contributed by atoms with Gasteiger partial charge in [-0.15, -0.1) is 0 Å². The van der Waals surface area contributed by atoms with Crippen molar-refractivity contribution in [2.75, 3.05) is 0 Å². The first-order valence-electron chi connectivity index (χ1n) is 14.8. The molecule has 0 radical (unpaired) electrons. The molecular formula is C41H24N2. The lowest BCUT2D eigenvalue weighted by molar-refractivity contribution is 1.18. The Hall–Kier alpha value is -5.73. The van der Waals surface area contributed by atoms with Crippen molar-refractivity contribution in [2.45, 2.75) is 0 Å². The number of nitrogens with zero attached hydrogens (tertiary/aromatic N) is 2. The van der Waals surface area contributed by atoms with Gasteiger partial charge in [-0.05, 0) is 101 Å². The number of benzene rings is 8. The number of hydrogen-bond donors (Lipinski definition) is 0. The van der Waals surface area contributed by atoms with Gasteiger partial charge in [-0.3, -0.25) is 4.98 Å². The second kappa shape index (κ2) is 8.40. The summed E-state index contributed by atoms with van der Waals surface area (Å²) in [7, 11) is 0. The lowest BCUT2D eigenvalue weighted by Gasteiger charge is -2.17. The monoisotopic (exact) mass is 544 g/mol. The van der Waals surface area contributed by atoms with Gasteiger partial charge in [0.15, 0.2) is 0 Å². The maximum atomic E-state index is 4.95. The Labute approximate surface area is 247 Å². The number of aromatic nitrogens is 2. The van der Waals surface area contributed by atoms with E-state index in [0.717, 1.165) is 16.7 Å². The van der Waals surface area contributed by atoms with E-state index in [-0.39, 0.29) is 0 Å². The van der Waals surface area contributed by atoms with E-state index in [2.05, 4.69) is 138 Å². The van der Waals surface area contributed by atoms with Crippen molar-refractivity contribution in [1.82, 2.24) is 9.55 Å². The summed E-state index contributed by atoms with van der Waals surface area (Å²) in [5, 5.41) is 14.0. The van der Waals surface area contributed by atoms with Crippen LogP contribution >= 0.6 is 0 Å². The second-order valence-electron chi connectivity index (χ2n) is 11.5. The van der Waals surface area contributed by atoms with E-state index in [1.807, 2.05) is 12.3 Å². The SMILES string of the molecule is c1ccc(-n2c3cccnc3c3c4ccc5ccc(-c6cc7ccccc7c7ccccc67)c6ccc(cc32)c4c56)cc1. The molecule has 0 bridgehead atoms. The Kier molecular flexibility index (Phi) is 4.48. The molecule has 0 fully saturated rings. The largest absolute Gasteiger partial charge is 0.308 e. The zero-order chi connectivity index (χ0) is 28.1. The number of pyridine rings is 1. The second-order valence-corrected chi connectivity index (χ2v) is 11.5. The highest BCUT2D eigenvalue weighted by Gasteiger charge is 2.20. The zero-order valence-corrected chi connectivity index (χ0v) is 23.3. The molecule has 8 aromatic carbocycles. The van der Waals surface area contributed by atoms with Gasteiger partial charge < -0.3 is 4.57 Å². The molecule has 0 amide bonds. The Morgan fingerprint density at radius 1 is 0.395 bits per heavy atom. The van der Waals surface area contributed by atoms with Crippen LogP contribution in [0.2, 0.25) is 0 Å². The fourth-order valence-corrected chi connectivity index (χ4v) is 7.55. The third-order valence-corrected chi connectivity index (χ3v) is 9.34. The molecule has 2 heteroatoms. The summed E-state index contributed by atoms with van der Waals surface area (Å²) in [4.78, 5) is 4.95. The van der Waals surface area contributed by atoms with E-state index in [1.165, 1.54) is 75.9 Å². The Morgan fingerprint density at radius 3 is 2.02 bits per heavy atom. The average Bonchev–Trinajstić information content (AvgIpc) is 3.41. The van der Waals surface area contributed by atoms with Crippen molar-refractivity contribution in [3.63, 3.8) is 0 Å². The molecule has 0 spiro atoms. The summed E-state index contributed by atoms with van der Waals surface area (Å²) >= 11 is 0. The molecule has 0 N–H and O–H groups in total. The zero-order valence-electron chi connectivity index (χ0n) is 23.3. The van der Waals surface area contributed by atoms with E-state index < -0.39 is 0 Å². The van der Waals surface area contributed by atoms with E-state index >= 15 is 0 Å². The van der Waals surface area contributed by atoms with Crippen LogP contribution in [0.4, 0.5) is 0 Å². The molecular weight excluding hydrogens is 520 g/mol. The molecule has 0 aliphatic heterocycles. The molecule has 0 aliphatic rings. The molecule has 0 saturated heterocycles. The minimum atomic E-state index is 1.04. The number of fused-ring (bicyclic) bond motifs is 7. The summed E-state index contributed by atoms with van der Waals surface area (Å²) in [6.45, 7) is 0. The Balaban J connectivity index is 1.36. The van der Waals surface area contributed by atoms with Gasteiger partial charge in [0.25, 0.3) is 0 Å². The van der Waals surface area contributed by atoms with Crippen LogP contribution in [-0.2, 0) is 0 Å². The Morgan fingerprint density at radius 2 is 1.12 bits per heavy atom. The maximum Gasteiger partial charge on any atom is 0.0969 e. The number of hydrogen-bond acceptors (Lipinski definition) is 1. The van der Waals surface area contributed by atoms with Gasteiger partial charge in [0.2, 0.25) is 0 Å². The molecule has 0 saturated carbocycles. The quantitative estimate of drug-likeness (QED) is 0.198. The molecule has 0 atom stereocenters. The van der Waals surface area contributed by atoms with E-state index in [0.29, 0.717) is 0 Å². The first kappa shape index (κ1) is 22.9. The molecule has 43 heavy (non-hydrogen) atoms. The third-order valence-electron chi connectivity index (χ3n) is 9.34.